The second-order valence-electron chi connectivity index (χ2n) is 4.89. The lowest BCUT2D eigenvalue weighted by molar-refractivity contribution is -0.142. The van der Waals surface area contributed by atoms with Crippen molar-refractivity contribution < 1.29 is 9.53 Å². The zero-order valence-electron chi connectivity index (χ0n) is 13.2. The molecule has 1 N–H and O–H groups in total. The van der Waals surface area contributed by atoms with E-state index in [0.29, 0.717) is 16.7 Å². The summed E-state index contributed by atoms with van der Waals surface area (Å²) < 4.78 is 6.37. The molecule has 0 saturated heterocycles. The molecule has 3 aromatic heterocycles. The third kappa shape index (κ3) is 4.29. The van der Waals surface area contributed by atoms with E-state index in [2.05, 4.69) is 25.1 Å². The van der Waals surface area contributed by atoms with E-state index in [1.807, 2.05) is 18.2 Å². The lowest BCUT2D eigenvalue weighted by Gasteiger charge is -2.04. The Kier molecular flexibility index (Phi) is 5.19. The minimum atomic E-state index is -0.452. The normalized spacial score (nSPS) is 10.6. The van der Waals surface area contributed by atoms with Crippen LogP contribution in [0.4, 0.5) is 0 Å². The highest BCUT2D eigenvalue weighted by atomic mass is 32.2. The second-order valence-corrected chi connectivity index (χ2v) is 5.84. The van der Waals surface area contributed by atoms with Crippen LogP contribution in [0.2, 0.25) is 0 Å². The van der Waals surface area contributed by atoms with Crippen LogP contribution in [-0.2, 0) is 23.2 Å². The average molecular weight is 358 g/mol. The van der Waals surface area contributed by atoms with Gasteiger partial charge in [0.25, 0.3) is 0 Å². The number of hydrogen-bond acceptors (Lipinski definition) is 8. The summed E-state index contributed by atoms with van der Waals surface area (Å²) in [4.78, 5) is 35.8. The molecule has 0 aromatic carbocycles. The Bertz CT molecular complexity index is 924. The molecule has 9 nitrogen and oxygen atoms in total. The van der Waals surface area contributed by atoms with Crippen molar-refractivity contribution in [3.63, 3.8) is 0 Å². The summed E-state index contributed by atoms with van der Waals surface area (Å²) in [5.74, 6) is -0.0617. The Morgan fingerprint density at radius 2 is 2.12 bits per heavy atom. The van der Waals surface area contributed by atoms with Crippen LogP contribution in [-0.4, -0.2) is 41.4 Å². The van der Waals surface area contributed by atoms with Gasteiger partial charge in [0.2, 0.25) is 0 Å². The number of hydrogen-bond donors (Lipinski definition) is 1. The molecule has 25 heavy (non-hydrogen) atoms. The average Bonchev–Trinajstić information content (AvgIpc) is 2.97. The smallest absolute Gasteiger partial charge is 0.343 e. The molecule has 0 fully saturated rings. The van der Waals surface area contributed by atoms with Crippen molar-refractivity contribution in [1.82, 2.24) is 29.7 Å². The standard InChI is InChI=1S/C15H14N6O3S/c1-21-12(19-20-15(21)23)8-24-13(22)9-25-14-17-7-5-11(18-14)10-4-2-3-6-16-10/h2-7H,8-9H2,1H3,(H,20,23). The van der Waals surface area contributed by atoms with Gasteiger partial charge < -0.3 is 4.74 Å². The van der Waals surface area contributed by atoms with Crippen molar-refractivity contribution in [2.24, 2.45) is 7.05 Å². The van der Waals surface area contributed by atoms with Gasteiger partial charge in [0.15, 0.2) is 17.6 Å². The zero-order chi connectivity index (χ0) is 17.6. The van der Waals surface area contributed by atoms with Crippen molar-refractivity contribution in [3.8, 4) is 11.4 Å². The van der Waals surface area contributed by atoms with Crippen LogP contribution in [0.3, 0.4) is 0 Å². The lowest BCUT2D eigenvalue weighted by Crippen LogP contribution is -2.16. The van der Waals surface area contributed by atoms with E-state index >= 15 is 0 Å². The summed E-state index contributed by atoms with van der Waals surface area (Å²) in [6.07, 6.45) is 3.30. The van der Waals surface area contributed by atoms with Crippen LogP contribution < -0.4 is 5.69 Å². The molecule has 3 rings (SSSR count). The van der Waals surface area contributed by atoms with Crippen LogP contribution in [0.5, 0.6) is 0 Å². The van der Waals surface area contributed by atoms with Crippen LogP contribution in [0.1, 0.15) is 5.82 Å². The maximum atomic E-state index is 11.8. The van der Waals surface area contributed by atoms with Gasteiger partial charge in [0.05, 0.1) is 17.1 Å². The summed E-state index contributed by atoms with van der Waals surface area (Å²) in [6.45, 7) is -0.0799. The van der Waals surface area contributed by atoms with Crippen molar-refractivity contribution in [1.29, 1.82) is 0 Å². The van der Waals surface area contributed by atoms with Gasteiger partial charge >= 0.3 is 11.7 Å². The molecule has 0 atom stereocenters. The number of carbonyl (C=O) groups is 1. The molecule has 0 aliphatic carbocycles. The van der Waals surface area contributed by atoms with Gasteiger partial charge in [-0.05, 0) is 18.2 Å². The van der Waals surface area contributed by atoms with E-state index in [1.54, 1.807) is 25.5 Å². The largest absolute Gasteiger partial charge is 0.457 e. The highest BCUT2D eigenvalue weighted by Gasteiger charge is 2.11. The van der Waals surface area contributed by atoms with Gasteiger partial charge in [-0.1, -0.05) is 17.8 Å². The number of ether oxygens (including phenoxy) is 1. The van der Waals surface area contributed by atoms with Crippen molar-refractivity contribution in [2.75, 3.05) is 5.75 Å². The van der Waals surface area contributed by atoms with Crippen LogP contribution >= 0.6 is 11.8 Å². The van der Waals surface area contributed by atoms with Crippen molar-refractivity contribution >= 4 is 17.7 Å². The summed E-state index contributed by atoms with van der Waals surface area (Å²) in [5, 5.41) is 6.49. The third-order valence-electron chi connectivity index (χ3n) is 3.21. The molecule has 0 spiro atoms. The fourth-order valence-electron chi connectivity index (χ4n) is 1.89. The first kappa shape index (κ1) is 16.8. The summed E-state index contributed by atoms with van der Waals surface area (Å²) in [6, 6.07) is 7.30. The number of aromatic nitrogens is 6. The quantitative estimate of drug-likeness (QED) is 0.391. The molecular formula is C15H14N6O3S. The topological polar surface area (TPSA) is 116 Å². The Hall–Kier alpha value is -3.01. The number of nitrogens with zero attached hydrogens (tertiary/aromatic N) is 5. The van der Waals surface area contributed by atoms with E-state index in [0.717, 1.165) is 17.5 Å². The fourth-order valence-corrected chi connectivity index (χ4v) is 2.51. The second kappa shape index (κ2) is 7.71. The third-order valence-corrected chi connectivity index (χ3v) is 4.05. The van der Waals surface area contributed by atoms with Crippen LogP contribution in [0, 0.1) is 0 Å². The van der Waals surface area contributed by atoms with Gasteiger partial charge in [0, 0.05) is 19.4 Å². The molecule has 10 heteroatoms. The molecule has 0 amide bonds. The highest BCUT2D eigenvalue weighted by molar-refractivity contribution is 7.99. The fraction of sp³-hybridized carbons (Fsp3) is 0.200. The number of rotatable bonds is 6. The van der Waals surface area contributed by atoms with Gasteiger partial charge in [-0.15, -0.1) is 0 Å². The van der Waals surface area contributed by atoms with Gasteiger partial charge in [-0.2, -0.15) is 5.10 Å². The van der Waals surface area contributed by atoms with Crippen molar-refractivity contribution in [2.45, 2.75) is 11.8 Å². The Morgan fingerprint density at radius 3 is 2.84 bits per heavy atom. The highest BCUT2D eigenvalue weighted by Crippen LogP contribution is 2.18. The van der Waals surface area contributed by atoms with Crippen LogP contribution in [0.15, 0.2) is 46.6 Å². The van der Waals surface area contributed by atoms with E-state index in [9.17, 15) is 9.59 Å². The van der Waals surface area contributed by atoms with E-state index in [-0.39, 0.29) is 18.0 Å². The van der Waals surface area contributed by atoms with E-state index in [1.165, 1.54) is 4.57 Å². The first-order chi connectivity index (χ1) is 12.1. The number of esters is 1. The number of pyridine rings is 1. The number of thioether (sulfide) groups is 1. The summed E-state index contributed by atoms with van der Waals surface area (Å²) >= 11 is 1.16. The molecule has 128 valence electrons. The molecule has 0 bridgehead atoms. The van der Waals surface area contributed by atoms with E-state index < -0.39 is 5.97 Å². The Labute approximate surface area is 146 Å². The molecule has 3 aromatic rings. The monoisotopic (exact) mass is 358 g/mol. The maximum absolute atomic E-state index is 11.8. The van der Waals surface area contributed by atoms with Gasteiger partial charge in [-0.3, -0.25) is 14.3 Å². The van der Waals surface area contributed by atoms with Gasteiger partial charge in [0.1, 0.15) is 0 Å². The molecule has 0 unspecified atom stereocenters. The molecule has 0 aliphatic heterocycles. The zero-order valence-corrected chi connectivity index (χ0v) is 14.1. The number of H-pyrrole nitrogens is 1. The number of nitrogens with one attached hydrogen (secondary N) is 1. The van der Waals surface area contributed by atoms with Gasteiger partial charge in [-0.25, -0.2) is 19.9 Å². The Balaban J connectivity index is 1.55. The molecular weight excluding hydrogens is 344 g/mol. The summed E-state index contributed by atoms with van der Waals surface area (Å²) in [5.41, 5.74) is 1.05. The predicted octanol–water partition coefficient (Wildman–Crippen LogP) is 0.796. The minimum Gasteiger partial charge on any atom is -0.457 e. The van der Waals surface area contributed by atoms with Crippen molar-refractivity contribution in [3.05, 3.63) is 53.0 Å². The molecule has 3 heterocycles. The summed E-state index contributed by atoms with van der Waals surface area (Å²) in [7, 11) is 1.54. The van der Waals surface area contributed by atoms with Crippen LogP contribution in [0.25, 0.3) is 11.4 Å². The predicted molar refractivity (Wildman–Crippen MR) is 89.6 cm³/mol. The maximum Gasteiger partial charge on any atom is 0.343 e. The van der Waals surface area contributed by atoms with E-state index in [4.69, 9.17) is 4.74 Å². The lowest BCUT2D eigenvalue weighted by atomic mass is 10.3. The molecule has 0 saturated carbocycles. The SMILES string of the molecule is Cn1c(COC(=O)CSc2nccc(-c3ccccn3)n2)n[nH]c1=O. The number of aromatic amines is 1. The number of carbonyl (C=O) groups excluding carboxylic acids is 1. The molecule has 0 aliphatic rings. The minimum absolute atomic E-state index is 0.0457. The Morgan fingerprint density at radius 1 is 1.24 bits per heavy atom. The first-order valence-electron chi connectivity index (χ1n) is 7.26. The molecule has 0 radical (unpaired) electrons. The first-order valence-corrected chi connectivity index (χ1v) is 8.25.